The number of carbonyl (C=O) groups excluding carboxylic acids is 1. The van der Waals surface area contributed by atoms with Gasteiger partial charge in [0.25, 0.3) is 0 Å². The molecule has 0 fully saturated rings. The third kappa shape index (κ3) is 3.39. The molecule has 0 radical (unpaired) electrons. The number of hydrogen-bond acceptors (Lipinski definition) is 4. The highest BCUT2D eigenvalue weighted by Gasteiger charge is 2.23. The van der Waals surface area contributed by atoms with Gasteiger partial charge in [-0.25, -0.2) is 0 Å². The summed E-state index contributed by atoms with van der Waals surface area (Å²) in [6.07, 6.45) is 1.57. The molecule has 0 aliphatic rings. The zero-order chi connectivity index (χ0) is 15.5. The number of benzene rings is 1. The molecule has 0 heterocycles. The van der Waals surface area contributed by atoms with Crippen LogP contribution < -0.4 is 9.47 Å². The van der Waals surface area contributed by atoms with E-state index in [2.05, 4.69) is 6.58 Å². The molecule has 1 atom stereocenters. The van der Waals surface area contributed by atoms with Crippen molar-refractivity contribution in [3.8, 4) is 11.5 Å². The number of ether oxygens (including phenoxy) is 2. The van der Waals surface area contributed by atoms with E-state index in [0.29, 0.717) is 11.5 Å². The van der Waals surface area contributed by atoms with Gasteiger partial charge >= 0.3 is 5.97 Å². The minimum absolute atomic E-state index is 0.167. The Labute approximate surface area is 120 Å². The maximum Gasteiger partial charge on any atom is 0.308 e. The molecule has 1 aromatic rings. The summed E-state index contributed by atoms with van der Waals surface area (Å²) in [5, 5.41) is 9.38. The van der Waals surface area contributed by atoms with E-state index in [-0.39, 0.29) is 12.6 Å². The molecule has 110 valence electrons. The highest BCUT2D eigenvalue weighted by molar-refractivity contribution is 5.71. The standard InChI is InChI=1S/C16H22O4/c1-7-16(6,9-17)20-14-8-10(2)15(19-13(5)18)12(4)11(14)3/h7-8,17H,1,9H2,2-6H3. The van der Waals surface area contributed by atoms with E-state index in [0.717, 1.165) is 16.7 Å². The van der Waals surface area contributed by atoms with E-state index < -0.39 is 5.60 Å². The smallest absolute Gasteiger partial charge is 0.308 e. The second-order valence-electron chi connectivity index (χ2n) is 5.14. The number of aryl methyl sites for hydroxylation is 1. The molecular formula is C16H22O4. The van der Waals surface area contributed by atoms with Gasteiger partial charge in [-0.15, -0.1) is 0 Å². The maximum absolute atomic E-state index is 11.1. The first kappa shape index (κ1) is 16.2. The van der Waals surface area contributed by atoms with Crippen LogP contribution in [0.5, 0.6) is 11.5 Å². The molecule has 4 nitrogen and oxygen atoms in total. The predicted molar refractivity (Wildman–Crippen MR) is 78.3 cm³/mol. The van der Waals surface area contributed by atoms with Crippen molar-refractivity contribution in [2.45, 2.75) is 40.2 Å². The molecule has 0 saturated heterocycles. The maximum atomic E-state index is 11.1. The number of hydrogen-bond donors (Lipinski definition) is 1. The lowest BCUT2D eigenvalue weighted by Crippen LogP contribution is -2.34. The van der Waals surface area contributed by atoms with E-state index in [1.54, 1.807) is 19.1 Å². The molecule has 4 heteroatoms. The van der Waals surface area contributed by atoms with Crippen LogP contribution in [0.25, 0.3) is 0 Å². The molecule has 1 N–H and O–H groups in total. The van der Waals surface area contributed by atoms with Crippen LogP contribution in [-0.2, 0) is 4.79 Å². The van der Waals surface area contributed by atoms with Crippen LogP contribution in [0.3, 0.4) is 0 Å². The van der Waals surface area contributed by atoms with E-state index >= 15 is 0 Å². The fraction of sp³-hybridized carbons (Fsp3) is 0.438. The summed E-state index contributed by atoms with van der Waals surface area (Å²) in [4.78, 5) is 11.1. The van der Waals surface area contributed by atoms with Gasteiger partial charge < -0.3 is 14.6 Å². The van der Waals surface area contributed by atoms with Gasteiger partial charge in [0.05, 0.1) is 6.61 Å². The van der Waals surface area contributed by atoms with E-state index in [1.807, 2.05) is 20.8 Å². The SMILES string of the molecule is C=CC(C)(CO)Oc1cc(C)c(OC(C)=O)c(C)c1C. The molecular weight excluding hydrogens is 256 g/mol. The van der Waals surface area contributed by atoms with Crippen LogP contribution in [0, 0.1) is 20.8 Å². The Balaban J connectivity index is 3.25. The van der Waals surface area contributed by atoms with Crippen molar-refractivity contribution in [3.63, 3.8) is 0 Å². The first-order chi connectivity index (χ1) is 9.24. The fourth-order valence-corrected chi connectivity index (χ4v) is 1.82. The molecule has 20 heavy (non-hydrogen) atoms. The monoisotopic (exact) mass is 278 g/mol. The summed E-state index contributed by atoms with van der Waals surface area (Å²) in [5.41, 5.74) is 1.68. The first-order valence-corrected chi connectivity index (χ1v) is 6.46. The number of carbonyl (C=O) groups is 1. The first-order valence-electron chi connectivity index (χ1n) is 6.46. The second-order valence-corrected chi connectivity index (χ2v) is 5.14. The van der Waals surface area contributed by atoms with Gasteiger partial charge in [-0.3, -0.25) is 4.79 Å². The highest BCUT2D eigenvalue weighted by atomic mass is 16.5. The summed E-state index contributed by atoms with van der Waals surface area (Å²) in [6.45, 7) is 12.2. The molecule has 0 aliphatic carbocycles. The van der Waals surface area contributed by atoms with E-state index in [1.165, 1.54) is 6.92 Å². The molecule has 1 unspecified atom stereocenters. The Morgan fingerprint density at radius 1 is 1.40 bits per heavy atom. The molecule has 0 bridgehead atoms. The van der Waals surface area contributed by atoms with Crippen LogP contribution in [0.15, 0.2) is 18.7 Å². The van der Waals surface area contributed by atoms with Crippen LogP contribution in [-0.4, -0.2) is 23.3 Å². The lowest BCUT2D eigenvalue weighted by molar-refractivity contribution is -0.131. The summed E-state index contributed by atoms with van der Waals surface area (Å²) < 4.78 is 11.1. The van der Waals surface area contributed by atoms with Gasteiger partial charge in [-0.1, -0.05) is 6.58 Å². The van der Waals surface area contributed by atoms with Crippen molar-refractivity contribution in [1.29, 1.82) is 0 Å². The third-order valence-corrected chi connectivity index (χ3v) is 3.31. The zero-order valence-corrected chi connectivity index (χ0v) is 12.7. The van der Waals surface area contributed by atoms with Crippen molar-refractivity contribution in [1.82, 2.24) is 0 Å². The number of rotatable bonds is 5. The Hall–Kier alpha value is -1.81. The van der Waals surface area contributed by atoms with Crippen molar-refractivity contribution in [3.05, 3.63) is 35.4 Å². The van der Waals surface area contributed by atoms with Crippen molar-refractivity contribution in [2.24, 2.45) is 0 Å². The normalized spacial score (nSPS) is 13.5. The minimum atomic E-state index is -0.841. The van der Waals surface area contributed by atoms with E-state index in [4.69, 9.17) is 9.47 Å². The largest absolute Gasteiger partial charge is 0.481 e. The van der Waals surface area contributed by atoms with Crippen molar-refractivity contribution >= 4 is 5.97 Å². The lowest BCUT2D eigenvalue weighted by atomic mass is 10.0. The summed E-state index contributed by atoms with van der Waals surface area (Å²) in [7, 11) is 0. The Morgan fingerprint density at radius 2 is 2.00 bits per heavy atom. The van der Waals surface area contributed by atoms with Crippen molar-refractivity contribution < 1.29 is 19.4 Å². The average molecular weight is 278 g/mol. The van der Waals surface area contributed by atoms with Crippen LogP contribution in [0.1, 0.15) is 30.5 Å². The second kappa shape index (κ2) is 6.09. The summed E-state index contributed by atoms with van der Waals surface area (Å²) in [5.74, 6) is 0.856. The summed E-state index contributed by atoms with van der Waals surface area (Å²) >= 11 is 0. The Morgan fingerprint density at radius 3 is 2.45 bits per heavy atom. The average Bonchev–Trinajstić information content (AvgIpc) is 2.40. The molecule has 1 aromatic carbocycles. The zero-order valence-electron chi connectivity index (χ0n) is 12.7. The molecule has 0 aromatic heterocycles. The van der Waals surface area contributed by atoms with Gasteiger partial charge in [0.2, 0.25) is 0 Å². The van der Waals surface area contributed by atoms with Crippen LogP contribution in [0.2, 0.25) is 0 Å². The van der Waals surface area contributed by atoms with Gasteiger partial charge in [0.1, 0.15) is 17.1 Å². The molecule has 0 aliphatic heterocycles. The third-order valence-electron chi connectivity index (χ3n) is 3.31. The number of aliphatic hydroxyl groups excluding tert-OH is 1. The van der Waals surface area contributed by atoms with Gasteiger partial charge in [-0.05, 0) is 56.5 Å². The molecule has 0 amide bonds. The summed E-state index contributed by atoms with van der Waals surface area (Å²) in [6, 6.07) is 1.80. The fourth-order valence-electron chi connectivity index (χ4n) is 1.82. The highest BCUT2D eigenvalue weighted by Crippen LogP contribution is 2.35. The molecule has 0 saturated carbocycles. The molecule has 1 rings (SSSR count). The Bertz CT molecular complexity index is 534. The lowest BCUT2D eigenvalue weighted by Gasteiger charge is -2.27. The quantitative estimate of drug-likeness (QED) is 0.511. The van der Waals surface area contributed by atoms with Gasteiger partial charge in [0.15, 0.2) is 0 Å². The van der Waals surface area contributed by atoms with Crippen LogP contribution >= 0.6 is 0 Å². The number of aliphatic hydroxyl groups is 1. The predicted octanol–water partition coefficient (Wildman–Crippen LogP) is 2.85. The Kier molecular flexibility index (Phi) is 4.95. The van der Waals surface area contributed by atoms with Gasteiger partial charge in [0, 0.05) is 6.92 Å². The van der Waals surface area contributed by atoms with Crippen molar-refractivity contribution in [2.75, 3.05) is 6.61 Å². The topological polar surface area (TPSA) is 55.8 Å². The number of esters is 1. The molecule has 0 spiro atoms. The van der Waals surface area contributed by atoms with Gasteiger partial charge in [-0.2, -0.15) is 0 Å². The van der Waals surface area contributed by atoms with E-state index in [9.17, 15) is 9.90 Å². The van der Waals surface area contributed by atoms with Crippen LogP contribution in [0.4, 0.5) is 0 Å². The minimum Gasteiger partial charge on any atom is -0.481 e.